The van der Waals surface area contributed by atoms with Crippen molar-refractivity contribution in [3.63, 3.8) is 0 Å². The van der Waals surface area contributed by atoms with Gasteiger partial charge in [0.25, 0.3) is 5.91 Å². The van der Waals surface area contributed by atoms with E-state index in [0.29, 0.717) is 15.1 Å². The second-order valence-electron chi connectivity index (χ2n) is 3.87. The van der Waals surface area contributed by atoms with Crippen molar-refractivity contribution in [2.75, 3.05) is 5.32 Å². The maximum Gasteiger partial charge on any atom is 0.433 e. The number of rotatable bonds is 2. The molecule has 0 unspecified atom stereocenters. The van der Waals surface area contributed by atoms with Gasteiger partial charge >= 0.3 is 6.18 Å². The third kappa shape index (κ3) is 2.85. The topological polar surface area (TPSA) is 67.8 Å². The van der Waals surface area contributed by atoms with E-state index in [9.17, 15) is 18.0 Å². The van der Waals surface area contributed by atoms with Gasteiger partial charge in [0.1, 0.15) is 16.1 Å². The van der Waals surface area contributed by atoms with Crippen molar-refractivity contribution >= 4 is 43.9 Å². The molecular weight excluding hydrogens is 325 g/mol. The number of hydrogen-bond donors (Lipinski definition) is 1. The third-order valence-electron chi connectivity index (χ3n) is 2.44. The van der Waals surface area contributed by atoms with E-state index in [4.69, 9.17) is 0 Å². The Bertz CT molecular complexity index is 798. The molecule has 0 radical (unpaired) electrons. The Morgan fingerprint density at radius 3 is 2.76 bits per heavy atom. The van der Waals surface area contributed by atoms with Crippen LogP contribution in [0.15, 0.2) is 24.0 Å². The van der Waals surface area contributed by atoms with Crippen LogP contribution in [0.1, 0.15) is 15.4 Å². The molecule has 0 aliphatic rings. The van der Waals surface area contributed by atoms with E-state index >= 15 is 0 Å². The van der Waals surface area contributed by atoms with Crippen molar-refractivity contribution in [2.45, 2.75) is 6.18 Å². The number of aromatic nitrogens is 3. The van der Waals surface area contributed by atoms with Crippen LogP contribution in [-0.4, -0.2) is 20.9 Å². The fourth-order valence-corrected chi connectivity index (χ4v) is 2.91. The number of hydrogen-bond acceptors (Lipinski definition) is 6. The third-order valence-corrected chi connectivity index (χ3v) is 4.15. The van der Waals surface area contributed by atoms with Gasteiger partial charge in [0.15, 0.2) is 5.13 Å². The number of carbonyl (C=O) groups is 1. The Hall–Kier alpha value is -2.07. The summed E-state index contributed by atoms with van der Waals surface area (Å²) in [5, 5.41) is 2.73. The lowest BCUT2D eigenvalue weighted by atomic mass is 10.3. The highest BCUT2D eigenvalue weighted by atomic mass is 32.1. The number of amides is 1. The van der Waals surface area contributed by atoms with Crippen LogP contribution >= 0.6 is 22.7 Å². The number of alkyl halides is 3. The Balaban J connectivity index is 1.89. The number of pyridine rings is 1. The lowest BCUT2D eigenvalue weighted by Crippen LogP contribution is -2.09. The largest absolute Gasteiger partial charge is 0.433 e. The Labute approximate surface area is 123 Å². The summed E-state index contributed by atoms with van der Waals surface area (Å²) in [6, 6.07) is 0.912. The summed E-state index contributed by atoms with van der Waals surface area (Å²) in [5.41, 5.74) is 0.818. The molecular formula is C11H5F3N4OS2. The van der Waals surface area contributed by atoms with Gasteiger partial charge in [-0.15, -0.1) is 11.3 Å². The van der Waals surface area contributed by atoms with Gasteiger partial charge in [0, 0.05) is 0 Å². The van der Waals surface area contributed by atoms with Crippen LogP contribution in [0.2, 0.25) is 0 Å². The van der Waals surface area contributed by atoms with Gasteiger partial charge in [-0.05, 0) is 6.07 Å². The zero-order valence-corrected chi connectivity index (χ0v) is 11.6. The lowest BCUT2D eigenvalue weighted by molar-refractivity contribution is -0.141. The smallest absolute Gasteiger partial charge is 0.297 e. The van der Waals surface area contributed by atoms with Crippen molar-refractivity contribution in [2.24, 2.45) is 0 Å². The molecule has 3 aromatic heterocycles. The predicted molar refractivity (Wildman–Crippen MR) is 72.5 cm³/mol. The summed E-state index contributed by atoms with van der Waals surface area (Å²) in [6.07, 6.45) is -2.07. The minimum atomic E-state index is -4.51. The molecule has 3 rings (SSSR count). The second-order valence-corrected chi connectivity index (χ2v) is 5.79. The van der Waals surface area contributed by atoms with Crippen molar-refractivity contribution in [3.05, 3.63) is 34.5 Å². The molecule has 21 heavy (non-hydrogen) atoms. The van der Waals surface area contributed by atoms with Crippen molar-refractivity contribution in [3.8, 4) is 0 Å². The van der Waals surface area contributed by atoms with E-state index in [2.05, 4.69) is 20.3 Å². The van der Waals surface area contributed by atoms with Gasteiger partial charge < -0.3 is 0 Å². The van der Waals surface area contributed by atoms with Gasteiger partial charge in [0.2, 0.25) is 0 Å². The van der Waals surface area contributed by atoms with E-state index in [1.165, 1.54) is 11.7 Å². The van der Waals surface area contributed by atoms with Gasteiger partial charge in [-0.3, -0.25) is 15.1 Å². The van der Waals surface area contributed by atoms with Crippen LogP contribution in [0, 0.1) is 0 Å². The highest BCUT2D eigenvalue weighted by Gasteiger charge is 2.32. The summed E-state index contributed by atoms with van der Waals surface area (Å²) < 4.78 is 38.0. The highest BCUT2D eigenvalue weighted by Crippen LogP contribution is 2.32. The first-order valence-corrected chi connectivity index (χ1v) is 7.17. The standard InChI is InChI=1S/C11H5F3N4OS2/c12-11(13,14)8-1-6-5(2-16-8)17-10(21-6)18-9(19)7-3-15-4-20-7/h1-4H,(H,17,18,19). The molecule has 0 aromatic carbocycles. The number of nitrogens with zero attached hydrogens (tertiary/aromatic N) is 3. The summed E-state index contributed by atoms with van der Waals surface area (Å²) in [7, 11) is 0. The van der Waals surface area contributed by atoms with Crippen LogP contribution in [0.5, 0.6) is 0 Å². The summed E-state index contributed by atoms with van der Waals surface area (Å²) in [4.78, 5) is 23.3. The van der Waals surface area contributed by atoms with Crippen molar-refractivity contribution in [1.29, 1.82) is 0 Å². The average Bonchev–Trinajstić information content (AvgIpc) is 3.05. The van der Waals surface area contributed by atoms with Crippen LogP contribution in [0.25, 0.3) is 10.2 Å². The average molecular weight is 330 g/mol. The summed E-state index contributed by atoms with van der Waals surface area (Å²) >= 11 is 2.11. The minimum Gasteiger partial charge on any atom is -0.297 e. The fraction of sp³-hybridized carbons (Fsp3) is 0.0909. The van der Waals surface area contributed by atoms with Crippen LogP contribution < -0.4 is 5.32 Å². The maximum absolute atomic E-state index is 12.6. The van der Waals surface area contributed by atoms with Crippen LogP contribution in [0.3, 0.4) is 0 Å². The second kappa shape index (κ2) is 5.04. The maximum atomic E-state index is 12.6. The van der Waals surface area contributed by atoms with E-state index in [1.807, 2.05) is 0 Å². The molecule has 0 aliphatic carbocycles. The Morgan fingerprint density at radius 2 is 2.10 bits per heavy atom. The number of fused-ring (bicyclic) bond motifs is 1. The molecule has 0 bridgehead atoms. The normalized spacial score (nSPS) is 11.8. The molecule has 108 valence electrons. The first-order valence-electron chi connectivity index (χ1n) is 5.47. The molecule has 0 saturated heterocycles. The number of thiazole rings is 2. The minimum absolute atomic E-state index is 0.213. The fourth-order valence-electron chi connectivity index (χ4n) is 1.53. The molecule has 0 aliphatic heterocycles. The summed E-state index contributed by atoms with van der Waals surface area (Å²) in [6.45, 7) is 0. The Kier molecular flexibility index (Phi) is 3.33. The van der Waals surface area contributed by atoms with E-state index in [1.54, 1.807) is 0 Å². The van der Waals surface area contributed by atoms with Gasteiger partial charge in [-0.2, -0.15) is 13.2 Å². The SMILES string of the molecule is O=C(Nc1nc2cnc(C(F)(F)F)cc2s1)c1cncs1. The van der Waals surface area contributed by atoms with Crippen molar-refractivity contribution in [1.82, 2.24) is 15.0 Å². The number of halogens is 3. The van der Waals surface area contributed by atoms with E-state index in [0.717, 1.165) is 34.9 Å². The van der Waals surface area contributed by atoms with Crippen LogP contribution in [-0.2, 0) is 6.18 Å². The predicted octanol–water partition coefficient (Wildman–Crippen LogP) is 3.42. The summed E-state index contributed by atoms with van der Waals surface area (Å²) in [5.74, 6) is -0.402. The molecule has 5 nitrogen and oxygen atoms in total. The molecule has 3 aromatic rings. The molecule has 3 heterocycles. The molecule has 0 fully saturated rings. The zero-order valence-electron chi connectivity index (χ0n) is 10.0. The molecule has 1 amide bonds. The lowest BCUT2D eigenvalue weighted by Gasteiger charge is -2.03. The molecule has 10 heteroatoms. The number of anilines is 1. The van der Waals surface area contributed by atoms with E-state index in [-0.39, 0.29) is 5.13 Å². The molecule has 0 atom stereocenters. The monoisotopic (exact) mass is 330 g/mol. The van der Waals surface area contributed by atoms with Gasteiger partial charge in [0.05, 0.1) is 22.6 Å². The molecule has 0 saturated carbocycles. The number of nitrogens with one attached hydrogen (secondary N) is 1. The van der Waals surface area contributed by atoms with Crippen molar-refractivity contribution < 1.29 is 18.0 Å². The van der Waals surface area contributed by atoms with Gasteiger partial charge in [-0.1, -0.05) is 11.3 Å². The first-order chi connectivity index (χ1) is 9.93. The number of carbonyl (C=O) groups excluding carboxylic acids is 1. The highest BCUT2D eigenvalue weighted by molar-refractivity contribution is 7.22. The first kappa shape index (κ1) is 13.9. The van der Waals surface area contributed by atoms with E-state index < -0.39 is 17.8 Å². The van der Waals surface area contributed by atoms with Gasteiger partial charge in [-0.25, -0.2) is 9.97 Å². The zero-order chi connectivity index (χ0) is 15.0. The Morgan fingerprint density at radius 1 is 1.29 bits per heavy atom. The molecule has 0 spiro atoms. The van der Waals surface area contributed by atoms with Crippen LogP contribution in [0.4, 0.5) is 18.3 Å². The quantitative estimate of drug-likeness (QED) is 0.782. The molecule has 1 N–H and O–H groups in total.